The summed E-state index contributed by atoms with van der Waals surface area (Å²) >= 11 is 0. The van der Waals surface area contributed by atoms with Crippen molar-refractivity contribution in [2.24, 2.45) is 0 Å². The molecule has 2 aromatic carbocycles. The standard InChI is InChI=1S/C20H21NO4/c1-20(23,18-7-4-10-25-18)13-21-19(22)11-15-6-3-5-14-8-9-16(24-2)12-17(14)15/h3-10,12,23H,11,13H2,1-2H3,(H,21,22). The van der Waals surface area contributed by atoms with Gasteiger partial charge in [-0.25, -0.2) is 0 Å². The molecular weight excluding hydrogens is 318 g/mol. The van der Waals surface area contributed by atoms with Gasteiger partial charge in [-0.3, -0.25) is 4.79 Å². The SMILES string of the molecule is COc1ccc2cccc(CC(=O)NCC(C)(O)c3ccco3)c2c1. The first-order chi connectivity index (χ1) is 12.0. The summed E-state index contributed by atoms with van der Waals surface area (Å²) in [5.74, 6) is 1.01. The topological polar surface area (TPSA) is 71.7 Å². The molecule has 5 heteroatoms. The minimum atomic E-state index is -1.25. The van der Waals surface area contributed by atoms with E-state index in [0.717, 1.165) is 22.1 Å². The Balaban J connectivity index is 1.72. The maximum atomic E-state index is 12.3. The summed E-state index contributed by atoms with van der Waals surface area (Å²) in [5, 5.41) is 15.2. The average Bonchev–Trinajstić information content (AvgIpc) is 3.16. The van der Waals surface area contributed by atoms with Gasteiger partial charge in [-0.2, -0.15) is 0 Å². The molecule has 0 aliphatic heterocycles. The van der Waals surface area contributed by atoms with Gasteiger partial charge < -0.3 is 19.6 Å². The molecule has 0 radical (unpaired) electrons. The van der Waals surface area contributed by atoms with Gasteiger partial charge in [0.25, 0.3) is 0 Å². The Morgan fingerprint density at radius 1 is 1.24 bits per heavy atom. The Hall–Kier alpha value is -2.79. The number of aliphatic hydroxyl groups is 1. The number of hydrogen-bond donors (Lipinski definition) is 2. The molecule has 0 bridgehead atoms. The van der Waals surface area contributed by atoms with Gasteiger partial charge in [0.1, 0.15) is 17.1 Å². The Morgan fingerprint density at radius 3 is 2.80 bits per heavy atom. The van der Waals surface area contributed by atoms with Gasteiger partial charge in [0.2, 0.25) is 5.91 Å². The third-order valence-electron chi connectivity index (χ3n) is 4.21. The van der Waals surface area contributed by atoms with E-state index in [1.165, 1.54) is 6.26 Å². The van der Waals surface area contributed by atoms with E-state index in [1.54, 1.807) is 26.2 Å². The van der Waals surface area contributed by atoms with Crippen LogP contribution in [0.1, 0.15) is 18.2 Å². The molecule has 1 aromatic heterocycles. The number of carbonyl (C=O) groups excluding carboxylic acids is 1. The van der Waals surface area contributed by atoms with Gasteiger partial charge in [-0.05, 0) is 47.5 Å². The first-order valence-electron chi connectivity index (χ1n) is 8.08. The number of ether oxygens (including phenoxy) is 1. The number of amides is 1. The van der Waals surface area contributed by atoms with E-state index in [-0.39, 0.29) is 18.9 Å². The fraction of sp³-hybridized carbons (Fsp3) is 0.250. The van der Waals surface area contributed by atoms with Crippen molar-refractivity contribution in [3.8, 4) is 5.75 Å². The van der Waals surface area contributed by atoms with Crippen LogP contribution in [0.3, 0.4) is 0 Å². The number of methoxy groups -OCH3 is 1. The molecule has 0 spiro atoms. The number of furan rings is 1. The Labute approximate surface area is 146 Å². The quantitative estimate of drug-likeness (QED) is 0.724. The fourth-order valence-electron chi connectivity index (χ4n) is 2.78. The maximum Gasteiger partial charge on any atom is 0.224 e. The van der Waals surface area contributed by atoms with Gasteiger partial charge in [0.15, 0.2) is 0 Å². The monoisotopic (exact) mass is 339 g/mol. The first kappa shape index (κ1) is 17.0. The van der Waals surface area contributed by atoms with E-state index >= 15 is 0 Å². The Morgan fingerprint density at radius 2 is 2.08 bits per heavy atom. The highest BCUT2D eigenvalue weighted by Crippen LogP contribution is 2.25. The van der Waals surface area contributed by atoms with Crippen LogP contribution in [0.5, 0.6) is 5.75 Å². The van der Waals surface area contributed by atoms with E-state index in [9.17, 15) is 9.90 Å². The molecule has 1 atom stereocenters. The van der Waals surface area contributed by atoms with Gasteiger partial charge in [0.05, 0.1) is 26.3 Å². The van der Waals surface area contributed by atoms with Crippen LogP contribution in [0.4, 0.5) is 0 Å². The van der Waals surface area contributed by atoms with Crippen molar-refractivity contribution in [2.45, 2.75) is 18.9 Å². The molecule has 0 aliphatic carbocycles. The Kier molecular flexibility index (Phi) is 4.76. The second-order valence-corrected chi connectivity index (χ2v) is 6.21. The number of nitrogens with one attached hydrogen (secondary N) is 1. The molecule has 0 saturated carbocycles. The zero-order chi connectivity index (χ0) is 17.9. The molecule has 3 aromatic rings. The normalized spacial score (nSPS) is 13.4. The number of hydrogen-bond acceptors (Lipinski definition) is 4. The second-order valence-electron chi connectivity index (χ2n) is 6.21. The van der Waals surface area contributed by atoms with Crippen LogP contribution in [0, 0.1) is 0 Å². The molecule has 1 unspecified atom stereocenters. The van der Waals surface area contributed by atoms with Crippen LogP contribution in [0.25, 0.3) is 10.8 Å². The van der Waals surface area contributed by atoms with E-state index in [2.05, 4.69) is 5.32 Å². The van der Waals surface area contributed by atoms with E-state index in [0.29, 0.717) is 5.76 Å². The smallest absolute Gasteiger partial charge is 0.224 e. The number of rotatable bonds is 6. The summed E-state index contributed by atoms with van der Waals surface area (Å²) in [7, 11) is 1.62. The van der Waals surface area contributed by atoms with Crippen LogP contribution < -0.4 is 10.1 Å². The van der Waals surface area contributed by atoms with Crippen molar-refractivity contribution >= 4 is 16.7 Å². The van der Waals surface area contributed by atoms with Crippen LogP contribution in [0.15, 0.2) is 59.2 Å². The molecule has 1 heterocycles. The van der Waals surface area contributed by atoms with E-state index < -0.39 is 5.60 Å². The summed E-state index contributed by atoms with van der Waals surface area (Å²) in [6.07, 6.45) is 1.72. The van der Waals surface area contributed by atoms with Crippen LogP contribution in [-0.4, -0.2) is 24.7 Å². The summed E-state index contributed by atoms with van der Waals surface area (Å²) in [6, 6.07) is 15.0. The molecule has 0 aliphatic rings. The number of carbonyl (C=O) groups is 1. The lowest BCUT2D eigenvalue weighted by Gasteiger charge is -2.21. The van der Waals surface area contributed by atoms with Gasteiger partial charge in [-0.15, -0.1) is 0 Å². The van der Waals surface area contributed by atoms with Crippen LogP contribution >= 0.6 is 0 Å². The number of benzene rings is 2. The second kappa shape index (κ2) is 6.99. The molecule has 25 heavy (non-hydrogen) atoms. The maximum absolute atomic E-state index is 12.3. The lowest BCUT2D eigenvalue weighted by Crippen LogP contribution is -2.39. The summed E-state index contributed by atoms with van der Waals surface area (Å²) in [5.41, 5.74) is -0.340. The minimum Gasteiger partial charge on any atom is -0.497 e. The van der Waals surface area contributed by atoms with Crippen molar-refractivity contribution < 1.29 is 19.1 Å². The van der Waals surface area contributed by atoms with Crippen molar-refractivity contribution in [3.63, 3.8) is 0 Å². The highest BCUT2D eigenvalue weighted by molar-refractivity contribution is 5.91. The Bertz CT molecular complexity index is 869. The third kappa shape index (κ3) is 3.83. The van der Waals surface area contributed by atoms with Gasteiger partial charge in [-0.1, -0.05) is 24.3 Å². The molecule has 0 saturated heterocycles. The van der Waals surface area contributed by atoms with Crippen LogP contribution in [-0.2, 0) is 16.8 Å². The molecule has 2 N–H and O–H groups in total. The first-order valence-corrected chi connectivity index (χ1v) is 8.08. The molecule has 1 amide bonds. The van der Waals surface area contributed by atoms with Crippen molar-refractivity contribution in [2.75, 3.05) is 13.7 Å². The molecule has 3 rings (SSSR count). The highest BCUT2D eigenvalue weighted by atomic mass is 16.5. The van der Waals surface area contributed by atoms with E-state index in [1.807, 2.05) is 36.4 Å². The predicted molar refractivity (Wildman–Crippen MR) is 95.5 cm³/mol. The molecular formula is C20H21NO4. The van der Waals surface area contributed by atoms with Crippen molar-refractivity contribution in [3.05, 3.63) is 66.1 Å². The van der Waals surface area contributed by atoms with Crippen LogP contribution in [0.2, 0.25) is 0 Å². The lowest BCUT2D eigenvalue weighted by atomic mass is 10.0. The summed E-state index contributed by atoms with van der Waals surface area (Å²) < 4.78 is 10.5. The fourth-order valence-corrected chi connectivity index (χ4v) is 2.78. The zero-order valence-corrected chi connectivity index (χ0v) is 14.3. The molecule has 5 nitrogen and oxygen atoms in total. The molecule has 130 valence electrons. The average molecular weight is 339 g/mol. The van der Waals surface area contributed by atoms with E-state index in [4.69, 9.17) is 9.15 Å². The van der Waals surface area contributed by atoms with Crippen molar-refractivity contribution in [1.82, 2.24) is 5.32 Å². The predicted octanol–water partition coefficient (Wildman–Crippen LogP) is 3.01. The summed E-state index contributed by atoms with van der Waals surface area (Å²) in [4.78, 5) is 12.3. The minimum absolute atomic E-state index is 0.0768. The largest absolute Gasteiger partial charge is 0.497 e. The zero-order valence-electron chi connectivity index (χ0n) is 14.3. The van der Waals surface area contributed by atoms with Crippen molar-refractivity contribution in [1.29, 1.82) is 0 Å². The van der Waals surface area contributed by atoms with Gasteiger partial charge in [0, 0.05) is 0 Å². The number of fused-ring (bicyclic) bond motifs is 1. The highest BCUT2D eigenvalue weighted by Gasteiger charge is 2.26. The summed E-state index contributed by atoms with van der Waals surface area (Å²) in [6.45, 7) is 1.68. The van der Waals surface area contributed by atoms with Gasteiger partial charge >= 0.3 is 0 Å². The third-order valence-corrected chi connectivity index (χ3v) is 4.21. The lowest BCUT2D eigenvalue weighted by molar-refractivity contribution is -0.121. The molecule has 0 fully saturated rings.